The van der Waals surface area contributed by atoms with E-state index in [9.17, 15) is 8.42 Å². The number of sulfonamides is 1. The van der Waals surface area contributed by atoms with Gasteiger partial charge in [-0.15, -0.1) is 11.3 Å². The molecule has 0 saturated heterocycles. The average molecular weight is 332 g/mol. The molecule has 21 heavy (non-hydrogen) atoms. The quantitative estimate of drug-likeness (QED) is 0.800. The largest absolute Gasteiger partial charge is 0.383 e. The van der Waals surface area contributed by atoms with E-state index in [2.05, 4.69) is 15.0 Å². The monoisotopic (exact) mass is 332 g/mol. The van der Waals surface area contributed by atoms with Crippen LogP contribution in [-0.4, -0.2) is 44.6 Å². The molecule has 2 N–H and O–H groups in total. The Morgan fingerprint density at radius 1 is 1.48 bits per heavy atom. The number of imidazole rings is 1. The molecule has 1 unspecified atom stereocenters. The Kier molecular flexibility index (Phi) is 4.87. The lowest BCUT2D eigenvalue weighted by Crippen LogP contribution is -2.42. The van der Waals surface area contributed by atoms with Gasteiger partial charge in [0.2, 0.25) is 0 Å². The van der Waals surface area contributed by atoms with Crippen molar-refractivity contribution in [2.75, 3.05) is 26.1 Å². The summed E-state index contributed by atoms with van der Waals surface area (Å²) in [4.78, 5) is 4.91. The van der Waals surface area contributed by atoms with Crippen LogP contribution in [0.1, 0.15) is 13.8 Å². The lowest BCUT2D eigenvalue weighted by Gasteiger charge is -2.21. The molecule has 7 nitrogen and oxygen atoms in total. The van der Waals surface area contributed by atoms with Gasteiger partial charge < -0.3 is 10.1 Å². The molecule has 0 spiro atoms. The second-order valence-electron chi connectivity index (χ2n) is 5.00. The third kappa shape index (κ3) is 3.20. The Balaban J connectivity index is 2.43. The van der Waals surface area contributed by atoms with Crippen LogP contribution in [0.5, 0.6) is 0 Å². The van der Waals surface area contributed by atoms with Gasteiger partial charge in [0.25, 0.3) is 10.0 Å². The zero-order valence-electron chi connectivity index (χ0n) is 12.5. The minimum Gasteiger partial charge on any atom is -0.383 e. The SMILES string of the molecule is CNc1nc2sccn2c1S(=O)(=O)NC(COC)C(C)C. The summed E-state index contributed by atoms with van der Waals surface area (Å²) in [5.41, 5.74) is 0. The zero-order valence-corrected chi connectivity index (χ0v) is 14.1. The van der Waals surface area contributed by atoms with Gasteiger partial charge in [-0.05, 0) is 5.92 Å². The summed E-state index contributed by atoms with van der Waals surface area (Å²) in [6.07, 6.45) is 1.70. The van der Waals surface area contributed by atoms with Crippen molar-refractivity contribution in [3.63, 3.8) is 0 Å². The summed E-state index contributed by atoms with van der Waals surface area (Å²) < 4.78 is 34.8. The predicted octanol–water partition coefficient (Wildman–Crippen LogP) is 1.39. The van der Waals surface area contributed by atoms with Crippen molar-refractivity contribution in [1.29, 1.82) is 0 Å². The molecule has 1 atom stereocenters. The molecule has 0 aliphatic heterocycles. The van der Waals surface area contributed by atoms with Crippen molar-refractivity contribution >= 4 is 32.1 Å². The molecule has 0 aromatic carbocycles. The van der Waals surface area contributed by atoms with E-state index in [0.717, 1.165) is 0 Å². The number of nitrogens with one attached hydrogen (secondary N) is 2. The Bertz CT molecular complexity index is 705. The van der Waals surface area contributed by atoms with E-state index in [0.29, 0.717) is 17.4 Å². The van der Waals surface area contributed by atoms with Crippen LogP contribution in [0.2, 0.25) is 0 Å². The second-order valence-corrected chi connectivity index (χ2v) is 7.50. The number of thiazole rings is 1. The Morgan fingerprint density at radius 3 is 2.76 bits per heavy atom. The van der Waals surface area contributed by atoms with Crippen molar-refractivity contribution in [1.82, 2.24) is 14.1 Å². The van der Waals surface area contributed by atoms with Gasteiger partial charge in [-0.25, -0.2) is 18.1 Å². The number of ether oxygens (including phenoxy) is 1. The minimum absolute atomic E-state index is 0.114. The van der Waals surface area contributed by atoms with E-state index in [1.54, 1.807) is 30.1 Å². The van der Waals surface area contributed by atoms with Gasteiger partial charge in [0.15, 0.2) is 15.8 Å². The zero-order chi connectivity index (χ0) is 15.6. The van der Waals surface area contributed by atoms with Crippen LogP contribution in [-0.2, 0) is 14.8 Å². The van der Waals surface area contributed by atoms with Gasteiger partial charge in [0, 0.05) is 31.8 Å². The van der Waals surface area contributed by atoms with E-state index in [1.165, 1.54) is 11.3 Å². The average Bonchev–Trinajstić information content (AvgIpc) is 2.96. The van der Waals surface area contributed by atoms with Crippen LogP contribution in [0.4, 0.5) is 5.82 Å². The number of anilines is 1. The van der Waals surface area contributed by atoms with Crippen LogP contribution >= 0.6 is 11.3 Å². The molecule has 0 bridgehead atoms. The molecule has 0 amide bonds. The second kappa shape index (κ2) is 6.30. The van der Waals surface area contributed by atoms with Crippen LogP contribution in [0.25, 0.3) is 4.96 Å². The standard InChI is InChI=1S/C12H20N4O3S2/c1-8(2)9(7-19-4)15-21(17,18)11-10(13-3)14-12-16(11)5-6-20-12/h5-6,8-9,13,15H,7H2,1-4H3. The van der Waals surface area contributed by atoms with Gasteiger partial charge in [-0.2, -0.15) is 0 Å². The van der Waals surface area contributed by atoms with E-state index >= 15 is 0 Å². The number of aromatic nitrogens is 2. The van der Waals surface area contributed by atoms with Gasteiger partial charge in [-0.3, -0.25) is 4.40 Å². The number of rotatable bonds is 7. The molecule has 2 aromatic rings. The molecule has 0 aliphatic carbocycles. The lowest BCUT2D eigenvalue weighted by molar-refractivity contribution is 0.157. The third-order valence-electron chi connectivity index (χ3n) is 3.17. The molecule has 0 radical (unpaired) electrons. The summed E-state index contributed by atoms with van der Waals surface area (Å²) in [5, 5.41) is 4.77. The van der Waals surface area contributed by atoms with E-state index in [1.807, 2.05) is 13.8 Å². The molecule has 0 fully saturated rings. The fourth-order valence-corrected chi connectivity index (χ4v) is 4.41. The van der Waals surface area contributed by atoms with Gasteiger partial charge in [0.05, 0.1) is 6.61 Å². The van der Waals surface area contributed by atoms with E-state index in [-0.39, 0.29) is 17.0 Å². The first-order valence-electron chi connectivity index (χ1n) is 6.55. The number of nitrogens with zero attached hydrogens (tertiary/aromatic N) is 2. The van der Waals surface area contributed by atoms with Crippen molar-refractivity contribution in [2.45, 2.75) is 24.9 Å². The van der Waals surface area contributed by atoms with Crippen molar-refractivity contribution in [3.8, 4) is 0 Å². The van der Waals surface area contributed by atoms with Gasteiger partial charge in [0.1, 0.15) is 0 Å². The lowest BCUT2D eigenvalue weighted by atomic mass is 10.1. The topological polar surface area (TPSA) is 84.7 Å². The summed E-state index contributed by atoms with van der Waals surface area (Å²) in [5.74, 6) is 0.456. The summed E-state index contributed by atoms with van der Waals surface area (Å²) in [6, 6.07) is -0.297. The molecule has 2 heterocycles. The van der Waals surface area contributed by atoms with Crippen molar-refractivity contribution in [2.24, 2.45) is 5.92 Å². The van der Waals surface area contributed by atoms with E-state index in [4.69, 9.17) is 4.74 Å². The molecule has 2 rings (SSSR count). The van der Waals surface area contributed by atoms with Crippen LogP contribution in [0, 0.1) is 5.92 Å². The normalized spacial score (nSPS) is 14.0. The Hall–Kier alpha value is -1.16. The van der Waals surface area contributed by atoms with Crippen LogP contribution < -0.4 is 10.0 Å². The first kappa shape index (κ1) is 16.2. The predicted molar refractivity (Wildman–Crippen MR) is 83.4 cm³/mol. The van der Waals surface area contributed by atoms with E-state index < -0.39 is 10.0 Å². The number of hydrogen-bond donors (Lipinski definition) is 2. The van der Waals surface area contributed by atoms with Crippen LogP contribution in [0.3, 0.4) is 0 Å². The Labute approximate surface area is 128 Å². The number of hydrogen-bond acceptors (Lipinski definition) is 6. The third-order valence-corrected chi connectivity index (χ3v) is 5.44. The van der Waals surface area contributed by atoms with Gasteiger partial charge in [-0.1, -0.05) is 13.8 Å². The van der Waals surface area contributed by atoms with Gasteiger partial charge >= 0.3 is 0 Å². The molecule has 0 aliphatic rings. The number of methoxy groups -OCH3 is 1. The molecular weight excluding hydrogens is 312 g/mol. The number of fused-ring (bicyclic) bond motifs is 1. The molecular formula is C12H20N4O3S2. The maximum Gasteiger partial charge on any atom is 0.260 e. The smallest absolute Gasteiger partial charge is 0.260 e. The maximum atomic E-state index is 12.7. The highest BCUT2D eigenvalue weighted by Gasteiger charge is 2.29. The highest BCUT2D eigenvalue weighted by Crippen LogP contribution is 2.25. The minimum atomic E-state index is -3.71. The maximum absolute atomic E-state index is 12.7. The summed E-state index contributed by atoms with van der Waals surface area (Å²) >= 11 is 1.38. The fraction of sp³-hybridized carbons (Fsp3) is 0.583. The highest BCUT2D eigenvalue weighted by molar-refractivity contribution is 7.89. The van der Waals surface area contributed by atoms with Crippen molar-refractivity contribution < 1.29 is 13.2 Å². The summed E-state index contributed by atoms with van der Waals surface area (Å²) in [7, 11) is -0.501. The summed E-state index contributed by atoms with van der Waals surface area (Å²) in [6.45, 7) is 4.21. The first-order chi connectivity index (χ1) is 9.90. The molecule has 0 saturated carbocycles. The molecule has 9 heteroatoms. The highest BCUT2D eigenvalue weighted by atomic mass is 32.2. The van der Waals surface area contributed by atoms with Crippen molar-refractivity contribution in [3.05, 3.63) is 11.6 Å². The molecule has 118 valence electrons. The molecule has 2 aromatic heterocycles. The fourth-order valence-electron chi connectivity index (χ4n) is 1.98. The Morgan fingerprint density at radius 2 is 2.19 bits per heavy atom. The van der Waals surface area contributed by atoms with Crippen LogP contribution in [0.15, 0.2) is 16.6 Å². The first-order valence-corrected chi connectivity index (χ1v) is 8.91.